The molecule has 0 radical (unpaired) electrons. The van der Waals surface area contributed by atoms with Crippen molar-refractivity contribution in [1.29, 1.82) is 0 Å². The molecule has 0 aliphatic carbocycles. The summed E-state index contributed by atoms with van der Waals surface area (Å²) in [6.45, 7) is 2.08. The zero-order valence-corrected chi connectivity index (χ0v) is 14.7. The standard InChI is InChI=1S/C20H14F2N2OS/c1-2-11-6-8-12(9-7-11)13-10-26-20-16(13)19(25)23-18(24-20)17-14(21)4-3-5-15(17)22/h3-10H,2H2,1H3,(H,23,24,25). The Bertz CT molecular complexity index is 1140. The second-order valence-corrected chi connectivity index (χ2v) is 6.75. The van der Waals surface area contributed by atoms with E-state index in [1.807, 2.05) is 29.6 Å². The molecule has 2 aromatic carbocycles. The van der Waals surface area contributed by atoms with Gasteiger partial charge in [-0.2, -0.15) is 0 Å². The van der Waals surface area contributed by atoms with Gasteiger partial charge in [-0.25, -0.2) is 13.8 Å². The number of fused-ring (bicyclic) bond motifs is 1. The van der Waals surface area contributed by atoms with E-state index in [1.165, 1.54) is 23.0 Å². The molecule has 0 aliphatic rings. The molecule has 0 spiro atoms. The minimum atomic E-state index is -0.764. The summed E-state index contributed by atoms with van der Waals surface area (Å²) in [6, 6.07) is 11.5. The van der Waals surface area contributed by atoms with Gasteiger partial charge in [0, 0.05) is 10.9 Å². The van der Waals surface area contributed by atoms with Crippen molar-refractivity contribution in [2.24, 2.45) is 0 Å². The summed E-state index contributed by atoms with van der Waals surface area (Å²) < 4.78 is 28.0. The van der Waals surface area contributed by atoms with E-state index in [-0.39, 0.29) is 11.4 Å². The lowest BCUT2D eigenvalue weighted by Gasteiger charge is -2.05. The van der Waals surface area contributed by atoms with E-state index >= 15 is 0 Å². The fraction of sp³-hybridized carbons (Fsp3) is 0.100. The molecule has 0 saturated heterocycles. The molecular formula is C20H14F2N2OS. The van der Waals surface area contributed by atoms with Gasteiger partial charge in [-0.1, -0.05) is 37.3 Å². The van der Waals surface area contributed by atoms with Crippen LogP contribution in [0.25, 0.3) is 32.7 Å². The second kappa shape index (κ2) is 6.46. The van der Waals surface area contributed by atoms with Crippen LogP contribution in [0.1, 0.15) is 12.5 Å². The van der Waals surface area contributed by atoms with Crippen molar-refractivity contribution in [3.05, 3.63) is 75.4 Å². The number of aromatic amines is 1. The topological polar surface area (TPSA) is 45.8 Å². The third-order valence-electron chi connectivity index (χ3n) is 4.32. The van der Waals surface area contributed by atoms with E-state index in [1.54, 1.807) is 0 Å². The third kappa shape index (κ3) is 2.72. The summed E-state index contributed by atoms with van der Waals surface area (Å²) in [5.74, 6) is -1.63. The fourth-order valence-electron chi connectivity index (χ4n) is 2.92. The number of nitrogens with zero attached hydrogens (tertiary/aromatic N) is 1. The van der Waals surface area contributed by atoms with Gasteiger partial charge in [0.1, 0.15) is 22.3 Å². The van der Waals surface area contributed by atoms with Gasteiger partial charge in [-0.05, 0) is 29.7 Å². The summed E-state index contributed by atoms with van der Waals surface area (Å²) in [7, 11) is 0. The van der Waals surface area contributed by atoms with Crippen molar-refractivity contribution in [2.75, 3.05) is 0 Å². The number of halogens is 2. The van der Waals surface area contributed by atoms with Gasteiger partial charge in [0.25, 0.3) is 5.56 Å². The third-order valence-corrected chi connectivity index (χ3v) is 5.19. The monoisotopic (exact) mass is 368 g/mol. The first-order chi connectivity index (χ1) is 12.6. The summed E-state index contributed by atoms with van der Waals surface area (Å²) in [4.78, 5) is 19.9. The van der Waals surface area contributed by atoms with Crippen LogP contribution in [0.3, 0.4) is 0 Å². The first-order valence-corrected chi connectivity index (χ1v) is 9.01. The molecule has 4 rings (SSSR count). The Kier molecular flexibility index (Phi) is 4.12. The van der Waals surface area contributed by atoms with E-state index in [4.69, 9.17) is 0 Å². The van der Waals surface area contributed by atoms with Crippen molar-refractivity contribution in [3.63, 3.8) is 0 Å². The van der Waals surface area contributed by atoms with Crippen LogP contribution >= 0.6 is 11.3 Å². The first kappa shape index (κ1) is 16.6. The Hall–Kier alpha value is -2.86. The molecule has 130 valence electrons. The highest BCUT2D eigenvalue weighted by Gasteiger charge is 2.18. The molecule has 0 bridgehead atoms. The molecule has 1 N–H and O–H groups in total. The molecule has 0 aliphatic heterocycles. The number of aryl methyl sites for hydroxylation is 1. The maximum absolute atomic E-state index is 14.0. The van der Waals surface area contributed by atoms with Crippen LogP contribution in [0.4, 0.5) is 8.78 Å². The quantitative estimate of drug-likeness (QED) is 0.543. The lowest BCUT2D eigenvalue weighted by molar-refractivity contribution is 0.587. The Morgan fingerprint density at radius 3 is 2.42 bits per heavy atom. The van der Waals surface area contributed by atoms with Gasteiger partial charge in [0.2, 0.25) is 0 Å². The largest absolute Gasteiger partial charge is 0.306 e. The Labute approximate surface area is 152 Å². The van der Waals surface area contributed by atoms with Crippen LogP contribution in [-0.2, 0) is 6.42 Å². The highest BCUT2D eigenvalue weighted by molar-refractivity contribution is 7.17. The summed E-state index contributed by atoms with van der Waals surface area (Å²) in [5.41, 5.74) is 2.14. The summed E-state index contributed by atoms with van der Waals surface area (Å²) in [6.07, 6.45) is 0.935. The Morgan fingerprint density at radius 1 is 1.08 bits per heavy atom. The van der Waals surface area contributed by atoms with Gasteiger partial charge in [-0.3, -0.25) is 4.79 Å². The van der Waals surface area contributed by atoms with Gasteiger partial charge >= 0.3 is 0 Å². The van der Waals surface area contributed by atoms with Crippen molar-refractivity contribution in [3.8, 4) is 22.5 Å². The van der Waals surface area contributed by atoms with Crippen molar-refractivity contribution >= 4 is 21.6 Å². The molecule has 6 heteroatoms. The van der Waals surface area contributed by atoms with Crippen molar-refractivity contribution in [2.45, 2.75) is 13.3 Å². The number of hydrogen-bond acceptors (Lipinski definition) is 3. The number of rotatable bonds is 3. The molecule has 4 aromatic rings. The number of thiophene rings is 1. The summed E-state index contributed by atoms with van der Waals surface area (Å²) >= 11 is 1.28. The zero-order valence-electron chi connectivity index (χ0n) is 13.8. The molecular weight excluding hydrogens is 354 g/mol. The lowest BCUT2D eigenvalue weighted by Crippen LogP contribution is -2.10. The van der Waals surface area contributed by atoms with Crippen molar-refractivity contribution in [1.82, 2.24) is 9.97 Å². The van der Waals surface area contributed by atoms with Gasteiger partial charge in [0.15, 0.2) is 0 Å². The fourth-order valence-corrected chi connectivity index (χ4v) is 3.87. The molecule has 0 unspecified atom stereocenters. The van der Waals surface area contributed by atoms with E-state index in [9.17, 15) is 13.6 Å². The van der Waals surface area contributed by atoms with E-state index in [2.05, 4.69) is 16.9 Å². The zero-order chi connectivity index (χ0) is 18.3. The maximum Gasteiger partial charge on any atom is 0.260 e. The first-order valence-electron chi connectivity index (χ1n) is 8.13. The summed E-state index contributed by atoms with van der Waals surface area (Å²) in [5, 5.41) is 2.27. The highest BCUT2D eigenvalue weighted by atomic mass is 32.1. The number of hydrogen-bond donors (Lipinski definition) is 1. The van der Waals surface area contributed by atoms with Crippen molar-refractivity contribution < 1.29 is 8.78 Å². The van der Waals surface area contributed by atoms with Crippen LogP contribution in [0, 0.1) is 11.6 Å². The van der Waals surface area contributed by atoms with Crippen LogP contribution in [-0.4, -0.2) is 9.97 Å². The average molecular weight is 368 g/mol. The molecule has 26 heavy (non-hydrogen) atoms. The molecule has 2 aromatic heterocycles. The van der Waals surface area contributed by atoms with Gasteiger partial charge in [0.05, 0.1) is 10.9 Å². The minimum absolute atomic E-state index is 0.104. The van der Waals surface area contributed by atoms with Crippen LogP contribution in [0.5, 0.6) is 0 Å². The predicted octanol–water partition coefficient (Wildman–Crippen LogP) is 5.16. The number of aromatic nitrogens is 2. The Balaban J connectivity index is 1.89. The SMILES string of the molecule is CCc1ccc(-c2csc3nc(-c4c(F)cccc4F)[nH]c(=O)c23)cc1. The molecule has 0 atom stereocenters. The lowest BCUT2D eigenvalue weighted by atomic mass is 10.0. The number of nitrogens with one attached hydrogen (secondary N) is 1. The Morgan fingerprint density at radius 2 is 1.77 bits per heavy atom. The molecule has 0 saturated carbocycles. The number of benzene rings is 2. The van der Waals surface area contributed by atoms with Crippen LogP contribution < -0.4 is 5.56 Å². The minimum Gasteiger partial charge on any atom is -0.306 e. The highest BCUT2D eigenvalue weighted by Crippen LogP contribution is 2.32. The van der Waals surface area contributed by atoms with E-state index < -0.39 is 17.2 Å². The van der Waals surface area contributed by atoms with Crippen LogP contribution in [0.2, 0.25) is 0 Å². The van der Waals surface area contributed by atoms with Gasteiger partial charge < -0.3 is 4.98 Å². The molecule has 3 nitrogen and oxygen atoms in total. The molecule has 2 heterocycles. The number of H-pyrrole nitrogens is 1. The average Bonchev–Trinajstić information content (AvgIpc) is 3.06. The molecule has 0 amide bonds. The van der Waals surface area contributed by atoms with E-state index in [0.717, 1.165) is 29.7 Å². The normalized spacial score (nSPS) is 11.2. The second-order valence-electron chi connectivity index (χ2n) is 5.89. The van der Waals surface area contributed by atoms with Gasteiger partial charge in [-0.15, -0.1) is 11.3 Å². The molecule has 0 fully saturated rings. The smallest absolute Gasteiger partial charge is 0.260 e. The van der Waals surface area contributed by atoms with E-state index in [0.29, 0.717) is 10.2 Å². The van der Waals surface area contributed by atoms with Crippen LogP contribution in [0.15, 0.2) is 52.6 Å². The predicted molar refractivity (Wildman–Crippen MR) is 100 cm³/mol. The maximum atomic E-state index is 14.0.